The van der Waals surface area contributed by atoms with Gasteiger partial charge < -0.3 is 24.4 Å². The Morgan fingerprint density at radius 1 is 0.957 bits per heavy atom. The number of amides is 1. The minimum atomic E-state index is -4.41. The molecule has 12 heteroatoms. The topological polar surface area (TPSA) is 88.4 Å². The SMILES string of the molecule is CCN(CC)C(=O)C1CCCN(c2nc(Nc3ccc(Oc4ccccc4)cc3)c3ncn(Cc4ccc(C(F)(F)F)cc4)c3n2)C1. The maximum Gasteiger partial charge on any atom is 0.416 e. The predicted octanol–water partition coefficient (Wildman–Crippen LogP) is 7.51. The van der Waals surface area contributed by atoms with Gasteiger partial charge in [0.2, 0.25) is 11.9 Å². The van der Waals surface area contributed by atoms with Crippen LogP contribution in [0.25, 0.3) is 11.2 Å². The van der Waals surface area contributed by atoms with E-state index in [1.807, 2.05) is 78.2 Å². The molecule has 9 nitrogen and oxygen atoms in total. The fraction of sp³-hybridized carbons (Fsp3) is 0.314. The van der Waals surface area contributed by atoms with E-state index in [1.165, 1.54) is 12.1 Å². The summed E-state index contributed by atoms with van der Waals surface area (Å²) in [5, 5.41) is 3.38. The molecular weight excluding hydrogens is 607 g/mol. The fourth-order valence-corrected chi connectivity index (χ4v) is 5.79. The molecule has 244 valence electrons. The zero-order valence-corrected chi connectivity index (χ0v) is 26.2. The molecule has 0 radical (unpaired) electrons. The average Bonchev–Trinajstić information content (AvgIpc) is 3.49. The van der Waals surface area contributed by atoms with Crippen LogP contribution in [0.3, 0.4) is 0 Å². The summed E-state index contributed by atoms with van der Waals surface area (Å²) >= 11 is 0. The minimum Gasteiger partial charge on any atom is -0.457 e. The third-order valence-corrected chi connectivity index (χ3v) is 8.31. The summed E-state index contributed by atoms with van der Waals surface area (Å²) < 4.78 is 47.2. The van der Waals surface area contributed by atoms with E-state index in [4.69, 9.17) is 14.7 Å². The maximum atomic E-state index is 13.3. The van der Waals surface area contributed by atoms with E-state index < -0.39 is 11.7 Å². The van der Waals surface area contributed by atoms with E-state index in [-0.39, 0.29) is 18.4 Å². The van der Waals surface area contributed by atoms with Crippen molar-refractivity contribution in [3.63, 3.8) is 0 Å². The Balaban J connectivity index is 1.31. The lowest BCUT2D eigenvalue weighted by Gasteiger charge is -2.34. The van der Waals surface area contributed by atoms with Gasteiger partial charge in [0.1, 0.15) is 11.5 Å². The van der Waals surface area contributed by atoms with Gasteiger partial charge in [-0.05, 0) is 80.8 Å². The quantitative estimate of drug-likeness (QED) is 0.169. The second-order valence-corrected chi connectivity index (χ2v) is 11.5. The number of piperidine rings is 1. The standard InChI is InChI=1S/C35H36F3N7O2/c1-3-43(4-2)33(46)25-9-8-20-44(22-25)34-41-31(40-27-16-18-29(19-17-27)47-28-10-6-5-7-11-28)30-32(42-34)45(23-39-30)21-24-12-14-26(15-13-24)35(36,37)38/h5-7,10-19,23,25H,3-4,8-9,20-22H2,1-2H3,(H,40,41,42). The van der Waals surface area contributed by atoms with Gasteiger partial charge in [0, 0.05) is 31.9 Å². The zero-order chi connectivity index (χ0) is 33.0. The molecule has 1 amide bonds. The number of para-hydroxylation sites is 1. The van der Waals surface area contributed by atoms with Crippen LogP contribution in [0, 0.1) is 5.92 Å². The summed E-state index contributed by atoms with van der Waals surface area (Å²) in [6.45, 7) is 6.70. The lowest BCUT2D eigenvalue weighted by Crippen LogP contribution is -2.45. The Labute approximate surface area is 271 Å². The minimum absolute atomic E-state index is 0.129. The number of carbonyl (C=O) groups is 1. The van der Waals surface area contributed by atoms with Crippen molar-refractivity contribution in [1.29, 1.82) is 0 Å². The molecular formula is C35H36F3N7O2. The van der Waals surface area contributed by atoms with Crippen LogP contribution < -0.4 is 15.0 Å². The molecule has 1 unspecified atom stereocenters. The molecule has 1 fully saturated rings. The van der Waals surface area contributed by atoms with Gasteiger partial charge in [-0.25, -0.2) is 4.98 Å². The molecule has 1 saturated heterocycles. The molecule has 1 aliphatic rings. The molecule has 0 spiro atoms. The van der Waals surface area contributed by atoms with E-state index in [9.17, 15) is 18.0 Å². The molecule has 0 aliphatic carbocycles. The number of hydrogen-bond donors (Lipinski definition) is 1. The van der Waals surface area contributed by atoms with Gasteiger partial charge in [0.25, 0.3) is 0 Å². The fourth-order valence-electron chi connectivity index (χ4n) is 5.79. The van der Waals surface area contributed by atoms with E-state index in [2.05, 4.69) is 10.3 Å². The first-order chi connectivity index (χ1) is 22.7. The number of hydrogen-bond acceptors (Lipinski definition) is 7. The number of benzene rings is 3. The number of alkyl halides is 3. The highest BCUT2D eigenvalue weighted by Crippen LogP contribution is 2.32. The van der Waals surface area contributed by atoms with Gasteiger partial charge in [0.15, 0.2) is 17.0 Å². The third-order valence-electron chi connectivity index (χ3n) is 8.31. The Morgan fingerprint density at radius 2 is 1.66 bits per heavy atom. The molecule has 0 bridgehead atoms. The third kappa shape index (κ3) is 7.32. The number of anilines is 3. The number of aromatic nitrogens is 4. The Bertz CT molecular complexity index is 1810. The Kier molecular flexibility index (Phi) is 9.28. The van der Waals surface area contributed by atoms with Crippen LogP contribution in [0.1, 0.15) is 37.8 Å². The van der Waals surface area contributed by atoms with Crippen molar-refractivity contribution in [2.75, 3.05) is 36.4 Å². The highest BCUT2D eigenvalue weighted by Gasteiger charge is 2.31. The monoisotopic (exact) mass is 643 g/mol. The predicted molar refractivity (Wildman–Crippen MR) is 175 cm³/mol. The molecule has 5 aromatic rings. The van der Waals surface area contributed by atoms with Gasteiger partial charge in [-0.15, -0.1) is 0 Å². The molecule has 2 aromatic heterocycles. The van der Waals surface area contributed by atoms with Crippen molar-refractivity contribution >= 4 is 34.5 Å². The molecule has 3 heterocycles. The zero-order valence-electron chi connectivity index (χ0n) is 26.2. The smallest absolute Gasteiger partial charge is 0.416 e. The van der Waals surface area contributed by atoms with Gasteiger partial charge >= 0.3 is 6.18 Å². The first-order valence-electron chi connectivity index (χ1n) is 15.7. The second kappa shape index (κ2) is 13.7. The van der Waals surface area contributed by atoms with Gasteiger partial charge in [-0.3, -0.25) is 4.79 Å². The number of rotatable bonds is 10. The van der Waals surface area contributed by atoms with Crippen molar-refractivity contribution in [2.45, 2.75) is 39.4 Å². The second-order valence-electron chi connectivity index (χ2n) is 11.5. The lowest BCUT2D eigenvalue weighted by atomic mass is 9.96. The summed E-state index contributed by atoms with van der Waals surface area (Å²) in [7, 11) is 0. The van der Waals surface area contributed by atoms with E-state index in [0.717, 1.165) is 36.4 Å². The van der Waals surface area contributed by atoms with Crippen LogP contribution >= 0.6 is 0 Å². The summed E-state index contributed by atoms with van der Waals surface area (Å²) in [6, 6.07) is 22.0. The van der Waals surface area contributed by atoms with Crippen LogP contribution in [0.2, 0.25) is 0 Å². The van der Waals surface area contributed by atoms with Crippen molar-refractivity contribution in [2.24, 2.45) is 5.92 Å². The number of nitrogens with one attached hydrogen (secondary N) is 1. The first-order valence-corrected chi connectivity index (χ1v) is 15.7. The molecule has 1 aliphatic heterocycles. The van der Waals surface area contributed by atoms with Crippen LogP contribution in [0.5, 0.6) is 11.5 Å². The van der Waals surface area contributed by atoms with Crippen LogP contribution in [-0.4, -0.2) is 56.5 Å². The van der Waals surface area contributed by atoms with Gasteiger partial charge in [-0.1, -0.05) is 30.3 Å². The maximum absolute atomic E-state index is 13.3. The Hall–Kier alpha value is -5.13. The number of fused-ring (bicyclic) bond motifs is 1. The lowest BCUT2D eigenvalue weighted by molar-refractivity contribution is -0.137. The van der Waals surface area contributed by atoms with E-state index in [1.54, 1.807) is 10.9 Å². The summed E-state index contributed by atoms with van der Waals surface area (Å²) in [6.07, 6.45) is -1.18. The van der Waals surface area contributed by atoms with Gasteiger partial charge in [-0.2, -0.15) is 23.1 Å². The van der Waals surface area contributed by atoms with Gasteiger partial charge in [0.05, 0.1) is 24.4 Å². The van der Waals surface area contributed by atoms with Crippen LogP contribution in [0.15, 0.2) is 85.2 Å². The summed E-state index contributed by atoms with van der Waals surface area (Å²) in [5.74, 6) is 2.29. The van der Waals surface area contributed by atoms with Crippen LogP contribution in [0.4, 0.5) is 30.6 Å². The normalized spacial score (nSPS) is 15.1. The molecule has 6 rings (SSSR count). The molecule has 1 atom stereocenters. The number of imidazole rings is 1. The Morgan fingerprint density at radius 3 is 2.34 bits per heavy atom. The number of halogens is 3. The highest BCUT2D eigenvalue weighted by atomic mass is 19.4. The molecule has 3 aromatic carbocycles. The van der Waals surface area contributed by atoms with Crippen LogP contribution in [-0.2, 0) is 17.5 Å². The highest BCUT2D eigenvalue weighted by molar-refractivity contribution is 5.87. The number of carbonyl (C=O) groups excluding carboxylic acids is 1. The molecule has 1 N–H and O–H groups in total. The average molecular weight is 644 g/mol. The summed E-state index contributed by atoms with van der Waals surface area (Å²) in [5.41, 5.74) is 1.76. The van der Waals surface area contributed by atoms with Crippen molar-refractivity contribution in [3.05, 3.63) is 96.3 Å². The molecule has 0 saturated carbocycles. The van der Waals surface area contributed by atoms with E-state index >= 15 is 0 Å². The largest absolute Gasteiger partial charge is 0.457 e. The number of ether oxygens (including phenoxy) is 1. The number of nitrogens with zero attached hydrogens (tertiary/aromatic N) is 6. The van der Waals surface area contributed by atoms with Crippen molar-refractivity contribution in [1.82, 2.24) is 24.4 Å². The summed E-state index contributed by atoms with van der Waals surface area (Å²) in [4.78, 5) is 31.6. The van der Waals surface area contributed by atoms with Crippen molar-refractivity contribution in [3.8, 4) is 11.5 Å². The first kappa shape index (κ1) is 31.8. The molecule has 47 heavy (non-hydrogen) atoms. The van der Waals surface area contributed by atoms with E-state index in [0.29, 0.717) is 60.4 Å². The van der Waals surface area contributed by atoms with Crippen molar-refractivity contribution < 1.29 is 22.7 Å².